The van der Waals surface area contributed by atoms with Crippen molar-refractivity contribution in [2.24, 2.45) is 5.92 Å². The zero-order valence-corrected chi connectivity index (χ0v) is 9.79. The molecule has 0 fully saturated rings. The van der Waals surface area contributed by atoms with Crippen LogP contribution in [0.3, 0.4) is 0 Å². The summed E-state index contributed by atoms with van der Waals surface area (Å²) in [6.07, 6.45) is 7.25. The molecule has 0 saturated heterocycles. The minimum Gasteiger partial charge on any atom is -0.466 e. The fraction of sp³-hybridized carbons (Fsp3) is 0.750. The molecule has 0 amide bonds. The monoisotopic (exact) mass is 207 g/mol. The molecule has 15 heavy (non-hydrogen) atoms. The molecule has 0 aromatic rings. The van der Waals surface area contributed by atoms with Crippen LogP contribution in [0.15, 0.2) is 11.5 Å². The first-order valence-corrected chi connectivity index (χ1v) is 5.94. The van der Waals surface area contributed by atoms with Crippen LogP contribution in [0.4, 0.5) is 0 Å². The Balaban J connectivity index is 2.27. The van der Waals surface area contributed by atoms with Gasteiger partial charge in [0.25, 0.3) is 0 Å². The molecule has 0 N–H and O–H groups in total. The third-order valence-corrected chi connectivity index (χ3v) is 2.78. The summed E-state index contributed by atoms with van der Waals surface area (Å²) in [6, 6.07) is 0. The van der Waals surface area contributed by atoms with Crippen molar-refractivity contribution >= 4 is 13.2 Å². The fourth-order valence-corrected chi connectivity index (χ4v) is 2.00. The summed E-state index contributed by atoms with van der Waals surface area (Å²) in [5.41, 5.74) is 1.46. The van der Waals surface area contributed by atoms with Gasteiger partial charge in [-0.1, -0.05) is 19.3 Å². The highest BCUT2D eigenvalue weighted by atomic mass is 16.5. The zero-order chi connectivity index (χ0) is 11.1. The summed E-state index contributed by atoms with van der Waals surface area (Å²) in [6.45, 7) is 4.51. The fourth-order valence-electron chi connectivity index (χ4n) is 2.00. The molecule has 0 aromatic heterocycles. The van der Waals surface area contributed by atoms with Crippen LogP contribution in [0.2, 0.25) is 6.32 Å². The predicted octanol–water partition coefficient (Wildman–Crippen LogP) is 2.77. The third-order valence-electron chi connectivity index (χ3n) is 2.78. The van der Waals surface area contributed by atoms with Crippen molar-refractivity contribution in [2.75, 3.05) is 6.61 Å². The van der Waals surface area contributed by atoms with E-state index in [1.54, 1.807) is 0 Å². The summed E-state index contributed by atoms with van der Waals surface area (Å²) in [4.78, 5) is 11.3. The van der Waals surface area contributed by atoms with Gasteiger partial charge in [-0.05, 0) is 32.1 Å². The molecule has 83 valence electrons. The van der Waals surface area contributed by atoms with Gasteiger partial charge >= 0.3 is 5.97 Å². The van der Waals surface area contributed by atoms with Crippen LogP contribution < -0.4 is 0 Å². The molecule has 1 rings (SSSR count). The van der Waals surface area contributed by atoms with Crippen LogP contribution in [0.5, 0.6) is 0 Å². The summed E-state index contributed by atoms with van der Waals surface area (Å²) in [5.74, 6) is 0.455. The first-order valence-electron chi connectivity index (χ1n) is 5.94. The summed E-state index contributed by atoms with van der Waals surface area (Å²) in [7, 11) is 2.28. The quantitative estimate of drug-likeness (QED) is 0.511. The van der Waals surface area contributed by atoms with Crippen molar-refractivity contribution in [3.05, 3.63) is 11.5 Å². The predicted molar refractivity (Wildman–Crippen MR) is 62.9 cm³/mol. The number of hydrogen-bond acceptors (Lipinski definition) is 2. The molecular formula is C12H20BO2. The summed E-state index contributed by atoms with van der Waals surface area (Å²) in [5, 5.41) is 0. The van der Waals surface area contributed by atoms with E-state index in [0.717, 1.165) is 25.6 Å². The Kier molecular flexibility index (Phi) is 5.52. The molecule has 3 heteroatoms. The lowest BCUT2D eigenvalue weighted by Crippen LogP contribution is -2.15. The topological polar surface area (TPSA) is 26.3 Å². The Hall–Kier alpha value is -0.725. The molecule has 1 atom stereocenters. The highest BCUT2D eigenvalue weighted by Crippen LogP contribution is 2.26. The Morgan fingerprint density at radius 3 is 2.93 bits per heavy atom. The summed E-state index contributed by atoms with van der Waals surface area (Å²) >= 11 is 0. The maximum absolute atomic E-state index is 11.3. The van der Waals surface area contributed by atoms with Gasteiger partial charge in [0.05, 0.1) is 6.61 Å². The summed E-state index contributed by atoms with van der Waals surface area (Å²) < 4.78 is 4.95. The Bertz CT molecular complexity index is 236. The van der Waals surface area contributed by atoms with Crippen LogP contribution in [0, 0.1) is 5.92 Å². The molecule has 0 saturated carbocycles. The van der Waals surface area contributed by atoms with E-state index in [1.165, 1.54) is 5.47 Å². The zero-order valence-electron chi connectivity index (χ0n) is 9.79. The number of hydrogen-bond donors (Lipinski definition) is 0. The van der Waals surface area contributed by atoms with E-state index in [-0.39, 0.29) is 5.97 Å². The van der Waals surface area contributed by atoms with Crippen molar-refractivity contribution in [3.8, 4) is 0 Å². The second-order valence-corrected chi connectivity index (χ2v) is 4.04. The van der Waals surface area contributed by atoms with Gasteiger partial charge in [0.2, 0.25) is 0 Å². The highest BCUT2D eigenvalue weighted by Gasteiger charge is 2.17. The molecule has 0 spiro atoms. The minimum absolute atomic E-state index is 0.0428. The van der Waals surface area contributed by atoms with E-state index in [1.807, 2.05) is 6.92 Å². The molecule has 0 heterocycles. The van der Waals surface area contributed by atoms with Crippen molar-refractivity contribution in [2.45, 2.75) is 45.9 Å². The highest BCUT2D eigenvalue weighted by molar-refractivity contribution is 6.45. The largest absolute Gasteiger partial charge is 0.466 e. The van der Waals surface area contributed by atoms with Crippen LogP contribution in [0.25, 0.3) is 0 Å². The van der Waals surface area contributed by atoms with Crippen molar-refractivity contribution in [1.82, 2.24) is 0 Å². The Morgan fingerprint density at radius 1 is 1.60 bits per heavy atom. The number of esters is 1. The van der Waals surface area contributed by atoms with E-state index in [9.17, 15) is 4.79 Å². The number of allylic oxidation sites excluding steroid dienone is 2. The molecule has 1 unspecified atom stereocenters. The Morgan fingerprint density at radius 2 is 2.40 bits per heavy atom. The molecule has 0 bridgehead atoms. The lowest BCUT2D eigenvalue weighted by atomic mass is 9.62. The SMILES string of the molecule is CC[B]C1=CCC(CC(=O)OCC)CC1. The third kappa shape index (κ3) is 4.54. The van der Waals surface area contributed by atoms with Crippen LogP contribution in [-0.4, -0.2) is 19.9 Å². The lowest BCUT2D eigenvalue weighted by Gasteiger charge is -2.20. The number of carbonyl (C=O) groups excluding carboxylic acids is 1. The molecular weight excluding hydrogens is 187 g/mol. The van der Waals surface area contributed by atoms with Gasteiger partial charge in [-0.3, -0.25) is 4.79 Å². The van der Waals surface area contributed by atoms with E-state index < -0.39 is 0 Å². The van der Waals surface area contributed by atoms with Crippen molar-refractivity contribution in [3.63, 3.8) is 0 Å². The normalized spacial score (nSPS) is 20.7. The second-order valence-electron chi connectivity index (χ2n) is 4.04. The number of ether oxygens (including phenoxy) is 1. The molecule has 0 aromatic carbocycles. The first-order chi connectivity index (χ1) is 7.26. The van der Waals surface area contributed by atoms with E-state index in [2.05, 4.69) is 20.3 Å². The lowest BCUT2D eigenvalue weighted by molar-refractivity contribution is -0.144. The van der Waals surface area contributed by atoms with Gasteiger partial charge in [-0.25, -0.2) is 0 Å². The molecule has 0 aliphatic heterocycles. The van der Waals surface area contributed by atoms with E-state index in [4.69, 9.17) is 4.74 Å². The maximum Gasteiger partial charge on any atom is 0.306 e. The average molecular weight is 207 g/mol. The molecule has 1 aliphatic carbocycles. The van der Waals surface area contributed by atoms with Gasteiger partial charge in [-0.2, -0.15) is 0 Å². The smallest absolute Gasteiger partial charge is 0.306 e. The second kappa shape index (κ2) is 6.70. The van der Waals surface area contributed by atoms with E-state index in [0.29, 0.717) is 18.9 Å². The first kappa shape index (κ1) is 12.3. The number of carbonyl (C=O) groups is 1. The van der Waals surface area contributed by atoms with Crippen LogP contribution >= 0.6 is 0 Å². The molecule has 1 radical (unpaired) electrons. The molecule has 2 nitrogen and oxygen atoms in total. The van der Waals surface area contributed by atoms with Crippen LogP contribution in [-0.2, 0) is 9.53 Å². The van der Waals surface area contributed by atoms with Crippen molar-refractivity contribution in [1.29, 1.82) is 0 Å². The Labute approximate surface area is 93.3 Å². The van der Waals surface area contributed by atoms with Gasteiger partial charge in [-0.15, -0.1) is 5.47 Å². The van der Waals surface area contributed by atoms with E-state index >= 15 is 0 Å². The average Bonchev–Trinajstić information content (AvgIpc) is 2.22. The van der Waals surface area contributed by atoms with Crippen LogP contribution in [0.1, 0.15) is 39.5 Å². The van der Waals surface area contributed by atoms with Gasteiger partial charge in [0.15, 0.2) is 0 Å². The standard InChI is InChI=1S/C12H20BO2/c1-3-13-11-7-5-10(6-8-11)9-12(14)15-4-2/h7,10H,3-6,8-9H2,1-2H3. The maximum atomic E-state index is 11.3. The molecule has 1 aliphatic rings. The van der Waals surface area contributed by atoms with Gasteiger partial charge in [0, 0.05) is 6.42 Å². The van der Waals surface area contributed by atoms with Crippen molar-refractivity contribution < 1.29 is 9.53 Å². The minimum atomic E-state index is -0.0428. The van der Waals surface area contributed by atoms with Gasteiger partial charge in [0.1, 0.15) is 7.28 Å². The number of rotatable bonds is 5. The van der Waals surface area contributed by atoms with Gasteiger partial charge < -0.3 is 4.74 Å².